The number of halogens is 1. The normalized spacial score (nSPS) is 24.3. The van der Waals surface area contributed by atoms with E-state index < -0.39 is 33.4 Å². The fourth-order valence-electron chi connectivity index (χ4n) is 3.47. The smallest absolute Gasteiger partial charge is 0.205 e. The van der Waals surface area contributed by atoms with Crippen LogP contribution < -0.4 is 5.32 Å². The third-order valence-electron chi connectivity index (χ3n) is 5.24. The minimum atomic E-state index is -3.71. The number of aromatic nitrogens is 1. The number of sulfone groups is 1. The first-order valence-corrected chi connectivity index (χ1v) is 11.5. The molecule has 0 radical (unpaired) electrons. The summed E-state index contributed by atoms with van der Waals surface area (Å²) in [7, 11) is -3.71. The quantitative estimate of drug-likeness (QED) is 0.683. The van der Waals surface area contributed by atoms with Gasteiger partial charge in [-0.25, -0.2) is 12.8 Å². The number of ether oxygens (including phenoxy) is 2. The summed E-state index contributed by atoms with van der Waals surface area (Å²) in [6, 6.07) is 2.68. The molecule has 4 rings (SSSR count). The van der Waals surface area contributed by atoms with Crippen LogP contribution in [0, 0.1) is 11.2 Å². The number of hydrogen-bond acceptors (Lipinski definition) is 8. The second kappa shape index (κ2) is 7.28. The van der Waals surface area contributed by atoms with Gasteiger partial charge in [0.15, 0.2) is 21.6 Å². The Morgan fingerprint density at radius 2 is 2.03 bits per heavy atom. The Balaban J connectivity index is 1.61. The summed E-state index contributed by atoms with van der Waals surface area (Å²) in [5.41, 5.74) is 0.381. The van der Waals surface area contributed by atoms with Gasteiger partial charge in [0, 0.05) is 24.4 Å². The molecule has 164 valence electrons. The molecular weight excluding hydrogens is 413 g/mol. The zero-order chi connectivity index (χ0) is 21.8. The van der Waals surface area contributed by atoms with E-state index in [4.69, 9.17) is 14.0 Å². The SMILES string of the molecule is CC(C)OC1OC1Nc1cc2c(C(C)S(=O)(=O)C3=NCC(C)(C)C3)noc2cc1F. The van der Waals surface area contributed by atoms with E-state index in [1.54, 1.807) is 6.92 Å². The van der Waals surface area contributed by atoms with Crippen LogP contribution in [-0.2, 0) is 19.3 Å². The van der Waals surface area contributed by atoms with Crippen molar-refractivity contribution in [3.05, 3.63) is 23.6 Å². The van der Waals surface area contributed by atoms with Gasteiger partial charge in [0.1, 0.15) is 21.8 Å². The van der Waals surface area contributed by atoms with Crippen LogP contribution in [0.1, 0.15) is 52.0 Å². The first-order chi connectivity index (χ1) is 14.0. The number of fused-ring (bicyclic) bond motifs is 1. The zero-order valence-electron chi connectivity index (χ0n) is 17.6. The van der Waals surface area contributed by atoms with Gasteiger partial charge in [-0.2, -0.15) is 0 Å². The fourth-order valence-corrected chi connectivity index (χ4v) is 5.18. The van der Waals surface area contributed by atoms with Crippen LogP contribution in [0.5, 0.6) is 0 Å². The molecule has 0 bridgehead atoms. The zero-order valence-corrected chi connectivity index (χ0v) is 18.4. The highest BCUT2D eigenvalue weighted by atomic mass is 32.2. The van der Waals surface area contributed by atoms with Crippen LogP contribution in [0.3, 0.4) is 0 Å². The van der Waals surface area contributed by atoms with Gasteiger partial charge < -0.3 is 19.3 Å². The van der Waals surface area contributed by atoms with Gasteiger partial charge in [-0.05, 0) is 32.3 Å². The molecule has 3 atom stereocenters. The predicted molar refractivity (Wildman–Crippen MR) is 111 cm³/mol. The first-order valence-electron chi connectivity index (χ1n) is 9.91. The number of aliphatic imine (C=N–C) groups is 1. The van der Waals surface area contributed by atoms with Crippen LogP contribution in [-0.4, -0.2) is 43.8 Å². The molecule has 3 heterocycles. The molecule has 2 aromatic rings. The average molecular weight is 440 g/mol. The van der Waals surface area contributed by atoms with E-state index in [1.165, 1.54) is 12.1 Å². The van der Waals surface area contributed by atoms with Gasteiger partial charge in [-0.15, -0.1) is 0 Å². The molecule has 1 aromatic heterocycles. The van der Waals surface area contributed by atoms with E-state index in [0.29, 0.717) is 18.4 Å². The van der Waals surface area contributed by atoms with Gasteiger partial charge in [0.2, 0.25) is 6.29 Å². The van der Waals surface area contributed by atoms with Gasteiger partial charge in [-0.3, -0.25) is 4.99 Å². The highest BCUT2D eigenvalue weighted by Gasteiger charge is 2.42. The van der Waals surface area contributed by atoms with Crippen molar-refractivity contribution in [3.63, 3.8) is 0 Å². The Hall–Kier alpha value is -2.04. The van der Waals surface area contributed by atoms with E-state index in [2.05, 4.69) is 15.5 Å². The minimum Gasteiger partial charge on any atom is -0.356 e. The number of nitrogens with zero attached hydrogens (tertiary/aromatic N) is 2. The van der Waals surface area contributed by atoms with E-state index in [1.807, 2.05) is 27.7 Å². The highest BCUT2D eigenvalue weighted by molar-refractivity contribution is 8.06. The second-order valence-corrected chi connectivity index (χ2v) is 11.2. The van der Waals surface area contributed by atoms with E-state index in [-0.39, 0.29) is 33.5 Å². The number of hydrogen-bond donors (Lipinski definition) is 1. The Labute approximate surface area is 174 Å². The molecular formula is C20H26FN3O5S. The lowest BCUT2D eigenvalue weighted by molar-refractivity contribution is 0.00806. The summed E-state index contributed by atoms with van der Waals surface area (Å²) >= 11 is 0. The third-order valence-corrected chi connectivity index (χ3v) is 7.32. The summed E-state index contributed by atoms with van der Waals surface area (Å²) in [5.74, 6) is -0.554. The van der Waals surface area contributed by atoms with Crippen molar-refractivity contribution < 1.29 is 26.8 Å². The van der Waals surface area contributed by atoms with Crippen molar-refractivity contribution in [2.24, 2.45) is 10.4 Å². The Kier molecular flexibility index (Phi) is 5.14. The number of benzene rings is 1. The largest absolute Gasteiger partial charge is 0.356 e. The maximum Gasteiger partial charge on any atom is 0.205 e. The van der Waals surface area contributed by atoms with E-state index in [9.17, 15) is 12.8 Å². The molecule has 2 aliphatic rings. The predicted octanol–water partition coefficient (Wildman–Crippen LogP) is 3.79. The molecule has 1 saturated heterocycles. The van der Waals surface area contributed by atoms with Gasteiger partial charge in [-0.1, -0.05) is 19.0 Å². The van der Waals surface area contributed by atoms with Crippen LogP contribution >= 0.6 is 0 Å². The van der Waals surface area contributed by atoms with Crippen LogP contribution in [0.25, 0.3) is 11.0 Å². The molecule has 0 aliphatic carbocycles. The Morgan fingerprint density at radius 3 is 2.67 bits per heavy atom. The topological polar surface area (TPSA) is 106 Å². The molecule has 2 aliphatic heterocycles. The Morgan fingerprint density at radius 1 is 1.30 bits per heavy atom. The summed E-state index contributed by atoms with van der Waals surface area (Å²) in [5, 5.41) is 6.50. The van der Waals surface area contributed by atoms with Crippen molar-refractivity contribution in [1.29, 1.82) is 0 Å². The molecule has 1 aromatic carbocycles. The number of nitrogens with one attached hydrogen (secondary N) is 1. The molecule has 10 heteroatoms. The summed E-state index contributed by atoms with van der Waals surface area (Å²) in [6.45, 7) is 9.73. The van der Waals surface area contributed by atoms with Crippen molar-refractivity contribution in [2.45, 2.75) is 64.9 Å². The molecule has 3 unspecified atom stereocenters. The van der Waals surface area contributed by atoms with Crippen LogP contribution in [0.15, 0.2) is 21.6 Å². The molecule has 0 amide bonds. The lowest BCUT2D eigenvalue weighted by atomic mass is 9.93. The summed E-state index contributed by atoms with van der Waals surface area (Å²) in [4.78, 5) is 4.25. The summed E-state index contributed by atoms with van der Waals surface area (Å²) in [6.07, 6.45) is -0.565. The van der Waals surface area contributed by atoms with Crippen molar-refractivity contribution in [3.8, 4) is 0 Å². The van der Waals surface area contributed by atoms with E-state index in [0.717, 1.165) is 0 Å². The maximum atomic E-state index is 14.5. The molecule has 8 nitrogen and oxygen atoms in total. The summed E-state index contributed by atoms with van der Waals surface area (Å²) < 4.78 is 56.8. The van der Waals surface area contributed by atoms with Gasteiger partial charge >= 0.3 is 0 Å². The maximum absolute atomic E-state index is 14.5. The first kappa shape index (κ1) is 21.2. The lowest BCUT2D eigenvalue weighted by Gasteiger charge is -2.16. The number of anilines is 1. The monoisotopic (exact) mass is 439 g/mol. The second-order valence-electron chi connectivity index (χ2n) is 8.89. The van der Waals surface area contributed by atoms with E-state index >= 15 is 0 Å². The Bertz CT molecular complexity index is 1110. The third kappa shape index (κ3) is 3.95. The molecule has 0 saturated carbocycles. The molecule has 0 spiro atoms. The number of epoxide rings is 1. The fraction of sp³-hybridized carbons (Fsp3) is 0.600. The van der Waals surface area contributed by atoms with Crippen molar-refractivity contribution >= 4 is 31.5 Å². The van der Waals surface area contributed by atoms with Gasteiger partial charge in [0.25, 0.3) is 0 Å². The minimum absolute atomic E-state index is 0.0201. The van der Waals surface area contributed by atoms with Crippen LogP contribution in [0.4, 0.5) is 10.1 Å². The molecule has 1 N–H and O–H groups in total. The average Bonchev–Trinajstić information content (AvgIpc) is 3.05. The van der Waals surface area contributed by atoms with Crippen molar-refractivity contribution in [1.82, 2.24) is 5.16 Å². The highest BCUT2D eigenvalue weighted by Crippen LogP contribution is 2.37. The molecule has 1 fully saturated rings. The van der Waals surface area contributed by atoms with Crippen LogP contribution in [0.2, 0.25) is 0 Å². The lowest BCUT2D eigenvalue weighted by Crippen LogP contribution is -2.22. The number of rotatable bonds is 6. The standard InChI is InChI=1S/C20H26FN3O5S/c1-10(2)27-19-18(28-19)23-14-6-12-15(7-13(14)21)29-24-17(12)11(3)30(25,26)16-8-20(4,5)9-22-16/h6-7,10-11,18-19,23H,8-9H2,1-5H3. The van der Waals surface area contributed by atoms with Crippen molar-refractivity contribution in [2.75, 3.05) is 11.9 Å². The van der Waals surface area contributed by atoms with Gasteiger partial charge in [0.05, 0.1) is 11.8 Å². The molecule has 30 heavy (non-hydrogen) atoms.